The van der Waals surface area contributed by atoms with Crippen molar-refractivity contribution in [1.82, 2.24) is 0 Å². The Morgan fingerprint density at radius 2 is 2.00 bits per heavy atom. The van der Waals surface area contributed by atoms with Crippen molar-refractivity contribution in [3.05, 3.63) is 0 Å². The molecule has 82 valence electrons. The Bertz CT molecular complexity index is 234. The molecule has 0 aliphatic rings. The van der Waals surface area contributed by atoms with Crippen LogP contribution in [-0.2, 0) is 9.36 Å². The molecular weight excluding hydrogens is 213 g/mol. The molecule has 0 aliphatic carbocycles. The summed E-state index contributed by atoms with van der Waals surface area (Å²) >= 11 is 0. The van der Waals surface area contributed by atoms with Gasteiger partial charge in [0.05, 0.1) is 6.61 Å². The summed E-state index contributed by atoms with van der Waals surface area (Å²) in [4.78, 5) is 10.6. The minimum atomic E-state index is -2.54. The van der Waals surface area contributed by atoms with Gasteiger partial charge in [-0.3, -0.25) is 5.73 Å². The second kappa shape index (κ2) is 5.33. The lowest BCUT2D eigenvalue weighted by molar-refractivity contribution is -0.141. The van der Waals surface area contributed by atoms with E-state index >= 15 is 0 Å². The molecule has 0 spiro atoms. The molecule has 0 aromatic heterocycles. The molecule has 0 aliphatic heterocycles. The lowest BCUT2D eigenvalue weighted by Crippen LogP contribution is -2.49. The minimum Gasteiger partial charge on any atom is -0.477 e. The van der Waals surface area contributed by atoms with Gasteiger partial charge >= 0.3 is 19.1 Å². The first-order chi connectivity index (χ1) is 6.38. The predicted molar refractivity (Wildman–Crippen MR) is 47.2 cm³/mol. The van der Waals surface area contributed by atoms with Gasteiger partial charge < -0.3 is 20.4 Å². The topological polar surface area (TPSA) is 141 Å². The standard InChI is InChI=1S/C6H12NO6P/c7-6(3-9,5(11)12)14(13)2-4(10)1-8/h4,8-10H,1-3,7H2/p+1. The second-order valence-electron chi connectivity index (χ2n) is 2.78. The quantitative estimate of drug-likeness (QED) is 0.326. The van der Waals surface area contributed by atoms with Gasteiger partial charge in [0, 0.05) is 0 Å². The molecule has 7 nitrogen and oxygen atoms in total. The summed E-state index contributed by atoms with van der Waals surface area (Å²) in [6, 6.07) is 0. The largest absolute Gasteiger partial charge is 0.477 e. The fraction of sp³-hybridized carbons (Fsp3) is 0.833. The van der Waals surface area contributed by atoms with E-state index in [0.717, 1.165) is 0 Å². The summed E-state index contributed by atoms with van der Waals surface area (Å²) in [5.74, 6) is -1.61. The molecule has 0 rings (SSSR count). The fourth-order valence-corrected chi connectivity index (χ4v) is 1.86. The van der Waals surface area contributed by atoms with Gasteiger partial charge in [-0.15, -0.1) is 0 Å². The van der Waals surface area contributed by atoms with Crippen LogP contribution < -0.4 is 5.73 Å². The molecule has 14 heavy (non-hydrogen) atoms. The summed E-state index contributed by atoms with van der Waals surface area (Å²) in [5.41, 5.74) is 5.16. The molecule has 0 radical (unpaired) electrons. The van der Waals surface area contributed by atoms with Crippen LogP contribution in [0.5, 0.6) is 0 Å². The molecule has 8 heteroatoms. The number of aliphatic hydroxyl groups excluding tert-OH is 3. The Hall–Kier alpha value is -0.590. The van der Waals surface area contributed by atoms with E-state index in [1.54, 1.807) is 0 Å². The lowest BCUT2D eigenvalue weighted by atomic mass is 10.3. The van der Waals surface area contributed by atoms with E-state index in [4.69, 9.17) is 26.2 Å². The van der Waals surface area contributed by atoms with Crippen LogP contribution in [0.1, 0.15) is 0 Å². The van der Waals surface area contributed by atoms with E-state index < -0.39 is 44.5 Å². The third-order valence-corrected chi connectivity index (χ3v) is 3.62. The summed E-state index contributed by atoms with van der Waals surface area (Å²) < 4.78 is 11.3. The Kier molecular flexibility index (Phi) is 5.11. The predicted octanol–water partition coefficient (Wildman–Crippen LogP) is -2.10. The molecule has 0 saturated carbocycles. The molecule has 0 aromatic carbocycles. The Morgan fingerprint density at radius 1 is 1.50 bits per heavy atom. The van der Waals surface area contributed by atoms with Crippen molar-refractivity contribution in [2.24, 2.45) is 5.73 Å². The molecule has 0 fully saturated rings. The lowest BCUT2D eigenvalue weighted by Gasteiger charge is -2.11. The molecule has 3 atom stereocenters. The van der Waals surface area contributed by atoms with Crippen LogP contribution >= 0.6 is 7.80 Å². The van der Waals surface area contributed by atoms with Crippen LogP contribution in [0.3, 0.4) is 0 Å². The van der Waals surface area contributed by atoms with E-state index in [1.165, 1.54) is 0 Å². The van der Waals surface area contributed by atoms with Crippen LogP contribution in [-0.4, -0.2) is 57.2 Å². The SMILES string of the molecule is NC(CO)(C(=O)O)[P+](=O)CC(O)CO. The van der Waals surface area contributed by atoms with E-state index in [1.807, 2.05) is 0 Å². The van der Waals surface area contributed by atoms with Crippen LogP contribution in [0.2, 0.25) is 0 Å². The number of nitrogens with two attached hydrogens (primary N) is 1. The molecule has 0 heterocycles. The van der Waals surface area contributed by atoms with E-state index in [9.17, 15) is 9.36 Å². The van der Waals surface area contributed by atoms with Gasteiger partial charge in [-0.1, -0.05) is 4.57 Å². The summed E-state index contributed by atoms with van der Waals surface area (Å²) in [6.07, 6.45) is -1.76. The summed E-state index contributed by atoms with van der Waals surface area (Å²) in [5, 5.41) is 32.3. The average molecular weight is 226 g/mol. The van der Waals surface area contributed by atoms with Crippen molar-refractivity contribution in [3.63, 3.8) is 0 Å². The van der Waals surface area contributed by atoms with Crippen molar-refractivity contribution < 1.29 is 29.8 Å². The van der Waals surface area contributed by atoms with E-state index in [2.05, 4.69) is 0 Å². The van der Waals surface area contributed by atoms with Gasteiger partial charge in [0.15, 0.2) is 6.16 Å². The smallest absolute Gasteiger partial charge is 0.377 e. The van der Waals surface area contributed by atoms with Crippen molar-refractivity contribution >= 4 is 13.8 Å². The van der Waals surface area contributed by atoms with Crippen LogP contribution in [0.15, 0.2) is 0 Å². The van der Waals surface area contributed by atoms with Gasteiger partial charge in [0.1, 0.15) is 12.7 Å². The summed E-state index contributed by atoms with van der Waals surface area (Å²) in [6.45, 7) is -1.63. The molecule has 6 N–H and O–H groups in total. The zero-order chi connectivity index (χ0) is 11.4. The van der Waals surface area contributed by atoms with Crippen molar-refractivity contribution in [2.75, 3.05) is 19.4 Å². The zero-order valence-electron chi connectivity index (χ0n) is 7.33. The number of carboxylic acids is 1. The van der Waals surface area contributed by atoms with Crippen LogP contribution in [0, 0.1) is 0 Å². The van der Waals surface area contributed by atoms with Gasteiger partial charge in [0.25, 0.3) is 0 Å². The first-order valence-corrected chi connectivity index (χ1v) is 5.19. The van der Waals surface area contributed by atoms with Gasteiger partial charge in [-0.05, 0) is 0 Å². The highest BCUT2D eigenvalue weighted by atomic mass is 31.1. The highest BCUT2D eigenvalue weighted by molar-refractivity contribution is 7.47. The maximum absolute atomic E-state index is 11.3. The third-order valence-electron chi connectivity index (χ3n) is 1.64. The van der Waals surface area contributed by atoms with Crippen LogP contribution in [0.4, 0.5) is 0 Å². The second-order valence-corrected chi connectivity index (χ2v) is 4.71. The number of hydrogen-bond acceptors (Lipinski definition) is 6. The number of carbonyl (C=O) groups is 1. The van der Waals surface area contributed by atoms with Gasteiger partial charge in [-0.25, -0.2) is 4.79 Å². The number of rotatable bonds is 6. The Labute approximate surface area is 80.9 Å². The highest BCUT2D eigenvalue weighted by Crippen LogP contribution is 2.35. The number of aliphatic hydroxyl groups is 3. The zero-order valence-corrected chi connectivity index (χ0v) is 8.22. The normalized spacial score (nSPS) is 18.4. The monoisotopic (exact) mass is 226 g/mol. The Balaban J connectivity index is 4.55. The third kappa shape index (κ3) is 2.97. The first-order valence-electron chi connectivity index (χ1n) is 3.75. The number of carboxylic acid groups (broad SMARTS) is 1. The van der Waals surface area contributed by atoms with E-state index in [-0.39, 0.29) is 0 Å². The number of hydrogen-bond donors (Lipinski definition) is 5. The molecular formula is C6H13NO6P+. The fourth-order valence-electron chi connectivity index (χ4n) is 0.665. The molecule has 0 bridgehead atoms. The maximum atomic E-state index is 11.3. The highest BCUT2D eigenvalue weighted by Gasteiger charge is 2.53. The van der Waals surface area contributed by atoms with Gasteiger partial charge in [0.2, 0.25) is 0 Å². The summed E-state index contributed by atoms with van der Waals surface area (Å²) in [7, 11) is -2.54. The van der Waals surface area contributed by atoms with E-state index in [0.29, 0.717) is 0 Å². The minimum absolute atomic E-state index is 0.463. The Morgan fingerprint density at radius 3 is 2.29 bits per heavy atom. The van der Waals surface area contributed by atoms with Crippen molar-refractivity contribution in [3.8, 4) is 0 Å². The maximum Gasteiger partial charge on any atom is 0.377 e. The number of aliphatic carboxylic acids is 1. The molecule has 0 saturated heterocycles. The van der Waals surface area contributed by atoms with Crippen molar-refractivity contribution in [1.29, 1.82) is 0 Å². The molecule has 0 aromatic rings. The average Bonchev–Trinajstić information content (AvgIpc) is 2.15. The first kappa shape index (κ1) is 13.4. The molecule has 0 amide bonds. The van der Waals surface area contributed by atoms with Gasteiger partial charge in [-0.2, -0.15) is 0 Å². The van der Waals surface area contributed by atoms with Crippen molar-refractivity contribution in [2.45, 2.75) is 11.4 Å². The van der Waals surface area contributed by atoms with Crippen LogP contribution in [0.25, 0.3) is 0 Å². The molecule has 3 unspecified atom stereocenters.